The molecule has 3 aliphatic heterocycles. The van der Waals surface area contributed by atoms with Gasteiger partial charge in [-0.05, 0) is 90.1 Å². The van der Waals surface area contributed by atoms with Gasteiger partial charge in [0.1, 0.15) is 23.3 Å². The summed E-state index contributed by atoms with van der Waals surface area (Å²) >= 11 is 0. The highest BCUT2D eigenvalue weighted by atomic mass is 15.3. The van der Waals surface area contributed by atoms with Crippen LogP contribution in [0.4, 0.5) is 11.4 Å². The molecule has 0 unspecified atom stereocenters. The lowest BCUT2D eigenvalue weighted by Gasteiger charge is -2.28. The summed E-state index contributed by atoms with van der Waals surface area (Å²) in [7, 11) is 0. The fourth-order valence-electron chi connectivity index (χ4n) is 7.55. The first kappa shape index (κ1) is 33.3. The van der Waals surface area contributed by atoms with E-state index < -0.39 is 10.8 Å². The van der Waals surface area contributed by atoms with Crippen molar-refractivity contribution in [1.29, 1.82) is 0 Å². The average molecular weight is 709 g/mol. The van der Waals surface area contributed by atoms with Gasteiger partial charge in [0.05, 0.1) is 16.8 Å². The molecular formula is C46H44N8. The van der Waals surface area contributed by atoms with Crippen molar-refractivity contribution in [2.75, 3.05) is 9.80 Å². The van der Waals surface area contributed by atoms with Crippen LogP contribution in [0.1, 0.15) is 64.6 Å². The van der Waals surface area contributed by atoms with Gasteiger partial charge in [0.25, 0.3) is 0 Å². The van der Waals surface area contributed by atoms with Crippen molar-refractivity contribution in [2.45, 2.75) is 47.0 Å². The molecule has 8 bridgehead atoms. The Hall–Kier alpha value is -6.54. The molecule has 2 N–H and O–H groups in total. The van der Waals surface area contributed by atoms with Crippen LogP contribution in [-0.4, -0.2) is 19.1 Å². The Balaban J connectivity index is 1.35. The predicted octanol–water partition coefficient (Wildman–Crippen LogP) is 9.70. The summed E-state index contributed by atoms with van der Waals surface area (Å²) in [6.45, 7) is 13.3. The van der Waals surface area contributed by atoms with E-state index in [0.29, 0.717) is 0 Å². The Morgan fingerprint density at radius 1 is 0.444 bits per heavy atom. The second-order valence-electron chi connectivity index (χ2n) is 15.3. The van der Waals surface area contributed by atoms with E-state index in [1.54, 1.807) is 0 Å². The molecule has 8 heteroatoms. The predicted molar refractivity (Wildman–Crippen MR) is 219 cm³/mol. The third-order valence-electron chi connectivity index (χ3n) is 11.1. The van der Waals surface area contributed by atoms with Gasteiger partial charge in [-0.2, -0.15) is 0 Å². The molecule has 4 aromatic carbocycles. The van der Waals surface area contributed by atoms with Crippen LogP contribution in [0.2, 0.25) is 0 Å². The van der Waals surface area contributed by atoms with Crippen LogP contribution in [0.3, 0.4) is 0 Å². The molecule has 0 atom stereocenters. The summed E-state index contributed by atoms with van der Waals surface area (Å²) in [5.41, 5.74) is 9.20. The Bertz CT molecular complexity index is 2330. The Kier molecular flexibility index (Phi) is 7.74. The molecule has 268 valence electrons. The second-order valence-corrected chi connectivity index (χ2v) is 15.3. The molecule has 0 radical (unpaired) electrons. The zero-order valence-corrected chi connectivity index (χ0v) is 31.5. The maximum absolute atomic E-state index is 5.50. The van der Waals surface area contributed by atoms with Crippen LogP contribution in [0.25, 0.3) is 22.5 Å². The molecule has 3 aliphatic rings. The van der Waals surface area contributed by atoms with Crippen molar-refractivity contribution in [2.24, 2.45) is 5.41 Å². The van der Waals surface area contributed by atoms with Crippen molar-refractivity contribution in [1.82, 2.24) is 29.7 Å². The molecule has 6 aromatic rings. The summed E-state index contributed by atoms with van der Waals surface area (Å²) in [6, 6.07) is 42.0. The number of hydrogen-bond acceptors (Lipinski definition) is 6. The second kappa shape index (κ2) is 12.6. The van der Waals surface area contributed by atoms with Crippen molar-refractivity contribution < 1.29 is 0 Å². The summed E-state index contributed by atoms with van der Waals surface area (Å²) in [5.74, 6) is 3.65. The lowest BCUT2D eigenvalue weighted by molar-refractivity contribution is 0.491. The van der Waals surface area contributed by atoms with Crippen molar-refractivity contribution in [3.05, 3.63) is 192 Å². The van der Waals surface area contributed by atoms with Gasteiger partial charge in [-0.25, -0.2) is 9.97 Å². The SMILES string of the molecule is CC1=C2NC(=CN2c2ccccc2)C(C)(C)C2=CN(c3ccccc3)/C(=C(\C)c3nc(cn3-c3ccccc3)C(C)(C)c3cn(-c4ccccc4)c1n3)N2. The summed E-state index contributed by atoms with van der Waals surface area (Å²) in [5, 5.41) is 7.84. The summed E-state index contributed by atoms with van der Waals surface area (Å²) in [4.78, 5) is 15.5. The number of benzene rings is 4. The largest absolute Gasteiger partial charge is 0.342 e. The highest BCUT2D eigenvalue weighted by Crippen LogP contribution is 2.44. The fraction of sp³-hybridized carbons (Fsp3) is 0.174. The van der Waals surface area contributed by atoms with E-state index in [2.05, 4.69) is 217 Å². The average Bonchev–Trinajstić information content (AvgIpc) is 4.03. The quantitative estimate of drug-likeness (QED) is 0.190. The number of anilines is 2. The van der Waals surface area contributed by atoms with Gasteiger partial charge in [-0.3, -0.25) is 9.13 Å². The molecule has 0 spiro atoms. The zero-order chi connectivity index (χ0) is 37.2. The van der Waals surface area contributed by atoms with Crippen LogP contribution in [0, 0.1) is 5.41 Å². The van der Waals surface area contributed by atoms with Gasteiger partial charge in [-0.1, -0.05) is 72.8 Å². The van der Waals surface area contributed by atoms with Crippen molar-refractivity contribution in [3.63, 3.8) is 0 Å². The third-order valence-corrected chi connectivity index (χ3v) is 11.1. The molecule has 9 rings (SSSR count). The highest BCUT2D eigenvalue weighted by Gasteiger charge is 2.40. The normalized spacial score (nSPS) is 18.6. The van der Waals surface area contributed by atoms with Crippen LogP contribution in [0.5, 0.6) is 0 Å². The standard InChI is InChI=1S/C46H44N8/c1-31-41-47-37(27-51(41)33-19-11-7-12-20-33)45(3,4)39-29-53(35-23-15-9-16-24-35)43(49-39)32(2)44-50-40(30-54(44)36-25-17-10-18-26-36)46(5,6)38-28-52(42(31)48-38)34-21-13-8-14-22-34/h7-30,47,49H,1-6H3/b41-31+,43-32?. The maximum atomic E-state index is 5.50. The number of nitrogens with one attached hydrogen (secondary N) is 2. The molecule has 54 heavy (non-hydrogen) atoms. The van der Waals surface area contributed by atoms with E-state index in [4.69, 9.17) is 9.97 Å². The molecule has 0 saturated heterocycles. The van der Waals surface area contributed by atoms with E-state index in [1.807, 2.05) is 0 Å². The lowest BCUT2D eigenvalue weighted by Crippen LogP contribution is -2.31. The van der Waals surface area contributed by atoms with E-state index >= 15 is 0 Å². The third kappa shape index (κ3) is 5.36. The molecular weight excluding hydrogens is 665 g/mol. The number of para-hydroxylation sites is 4. The van der Waals surface area contributed by atoms with Gasteiger partial charge >= 0.3 is 0 Å². The number of hydrogen-bond donors (Lipinski definition) is 2. The number of aromatic nitrogens is 4. The number of allylic oxidation sites excluding steroid dienone is 2. The Labute approximate surface area is 317 Å². The molecule has 5 heterocycles. The molecule has 8 nitrogen and oxygen atoms in total. The van der Waals surface area contributed by atoms with Crippen molar-refractivity contribution in [3.8, 4) is 11.4 Å². The van der Waals surface area contributed by atoms with E-state index in [-0.39, 0.29) is 0 Å². The van der Waals surface area contributed by atoms with Crippen molar-refractivity contribution >= 4 is 22.5 Å². The fourth-order valence-corrected chi connectivity index (χ4v) is 7.55. The first-order chi connectivity index (χ1) is 26.1. The zero-order valence-electron chi connectivity index (χ0n) is 31.5. The molecule has 0 fully saturated rings. The van der Waals surface area contributed by atoms with Gasteiger partial charge in [0, 0.05) is 75.5 Å². The minimum atomic E-state index is -0.560. The highest BCUT2D eigenvalue weighted by molar-refractivity contribution is 5.76. The number of nitrogens with zero attached hydrogens (tertiary/aromatic N) is 6. The Morgan fingerprint density at radius 3 is 1.13 bits per heavy atom. The number of rotatable bonds is 4. The summed E-state index contributed by atoms with van der Waals surface area (Å²) < 4.78 is 4.44. The lowest BCUT2D eigenvalue weighted by atomic mass is 9.86. The van der Waals surface area contributed by atoms with Gasteiger partial charge in [0.15, 0.2) is 0 Å². The number of fused-ring (bicyclic) bond motifs is 8. The topological polar surface area (TPSA) is 66.2 Å². The van der Waals surface area contributed by atoms with Gasteiger partial charge in [0.2, 0.25) is 0 Å². The first-order valence-electron chi connectivity index (χ1n) is 18.5. The van der Waals surface area contributed by atoms with Crippen LogP contribution >= 0.6 is 0 Å². The van der Waals surface area contributed by atoms with Crippen LogP contribution < -0.4 is 20.4 Å². The molecule has 2 aromatic heterocycles. The Morgan fingerprint density at radius 2 is 0.778 bits per heavy atom. The van der Waals surface area contributed by atoms with Gasteiger partial charge < -0.3 is 20.4 Å². The first-order valence-corrected chi connectivity index (χ1v) is 18.5. The minimum absolute atomic E-state index is 0.469. The van der Waals surface area contributed by atoms with E-state index in [0.717, 1.165) is 80.0 Å². The molecule has 0 amide bonds. The summed E-state index contributed by atoms with van der Waals surface area (Å²) in [6.07, 6.45) is 8.85. The number of imidazole rings is 2. The molecule has 0 aliphatic carbocycles. The van der Waals surface area contributed by atoms with E-state index in [1.165, 1.54) is 0 Å². The maximum Gasteiger partial charge on any atom is 0.144 e. The minimum Gasteiger partial charge on any atom is -0.342 e. The molecule has 0 saturated carbocycles. The smallest absolute Gasteiger partial charge is 0.144 e. The monoisotopic (exact) mass is 708 g/mol. The van der Waals surface area contributed by atoms with Gasteiger partial charge in [-0.15, -0.1) is 0 Å². The van der Waals surface area contributed by atoms with Crippen LogP contribution in [0.15, 0.2) is 169 Å². The van der Waals surface area contributed by atoms with Crippen LogP contribution in [-0.2, 0) is 5.41 Å². The van der Waals surface area contributed by atoms with E-state index in [9.17, 15) is 0 Å².